The molecule has 0 amide bonds. The highest BCUT2D eigenvalue weighted by atomic mass is 32.2. The van der Waals surface area contributed by atoms with Crippen LogP contribution in [-0.2, 0) is 11.3 Å². The lowest BCUT2D eigenvalue weighted by Crippen LogP contribution is -2.13. The monoisotopic (exact) mass is 319 g/mol. The van der Waals surface area contributed by atoms with Gasteiger partial charge in [-0.15, -0.1) is 16.8 Å². The quantitative estimate of drug-likeness (QED) is 0.624. The van der Waals surface area contributed by atoms with Gasteiger partial charge in [0.15, 0.2) is 11.0 Å². The molecule has 0 bridgehead atoms. The van der Waals surface area contributed by atoms with Gasteiger partial charge in [0.2, 0.25) is 0 Å². The van der Waals surface area contributed by atoms with Crippen molar-refractivity contribution in [2.75, 3.05) is 7.11 Å². The average Bonchev–Trinajstić information content (AvgIpc) is 2.90. The van der Waals surface area contributed by atoms with Crippen LogP contribution in [0.15, 0.2) is 42.1 Å². The van der Waals surface area contributed by atoms with Gasteiger partial charge in [0.1, 0.15) is 11.0 Å². The fraction of sp³-hybridized carbons (Fsp3) is 0.267. The van der Waals surface area contributed by atoms with Crippen molar-refractivity contribution in [3.8, 4) is 17.1 Å². The first kappa shape index (κ1) is 16.1. The van der Waals surface area contributed by atoms with E-state index in [0.717, 1.165) is 23.1 Å². The van der Waals surface area contributed by atoms with Crippen molar-refractivity contribution >= 4 is 17.7 Å². The first-order valence-corrected chi connectivity index (χ1v) is 7.52. The summed E-state index contributed by atoms with van der Waals surface area (Å²) in [5.74, 6) is 0.541. The Balaban J connectivity index is 2.36. The highest BCUT2D eigenvalue weighted by Crippen LogP contribution is 2.27. The molecule has 0 saturated carbocycles. The Hall–Kier alpha value is -2.28. The first-order chi connectivity index (χ1) is 10.6. The highest BCUT2D eigenvalue weighted by molar-refractivity contribution is 8.00. The number of aliphatic carboxylic acids is 1. The zero-order valence-corrected chi connectivity index (χ0v) is 13.2. The largest absolute Gasteiger partial charge is 0.497 e. The summed E-state index contributed by atoms with van der Waals surface area (Å²) in [5.41, 5.74) is 0.880. The molecule has 0 fully saturated rings. The Labute approximate surface area is 132 Å². The molecule has 1 aromatic carbocycles. The van der Waals surface area contributed by atoms with Crippen LogP contribution in [0.4, 0.5) is 0 Å². The summed E-state index contributed by atoms with van der Waals surface area (Å²) in [4.78, 5) is 11.0. The summed E-state index contributed by atoms with van der Waals surface area (Å²) in [6.07, 6.45) is 1.73. The summed E-state index contributed by atoms with van der Waals surface area (Å²) in [6, 6.07) is 7.46. The molecule has 1 heterocycles. The summed E-state index contributed by atoms with van der Waals surface area (Å²) >= 11 is 1.16. The number of carboxylic acids is 1. The maximum atomic E-state index is 11.0. The van der Waals surface area contributed by atoms with Crippen molar-refractivity contribution < 1.29 is 14.6 Å². The number of nitrogens with zero attached hydrogens (tertiary/aromatic N) is 3. The molecule has 7 heteroatoms. The number of rotatable bonds is 7. The molecular weight excluding hydrogens is 302 g/mol. The van der Waals surface area contributed by atoms with Crippen molar-refractivity contribution in [1.82, 2.24) is 14.8 Å². The normalized spacial score (nSPS) is 11.9. The zero-order valence-electron chi connectivity index (χ0n) is 12.4. The van der Waals surface area contributed by atoms with E-state index in [9.17, 15) is 4.79 Å². The van der Waals surface area contributed by atoms with E-state index >= 15 is 0 Å². The van der Waals surface area contributed by atoms with Gasteiger partial charge in [-0.25, -0.2) is 0 Å². The Bertz CT molecular complexity index is 667. The average molecular weight is 319 g/mol. The minimum atomic E-state index is -0.885. The van der Waals surface area contributed by atoms with Gasteiger partial charge >= 0.3 is 5.97 Å². The summed E-state index contributed by atoms with van der Waals surface area (Å²) < 4.78 is 6.98. The molecule has 1 N–H and O–H groups in total. The summed E-state index contributed by atoms with van der Waals surface area (Å²) in [7, 11) is 1.61. The van der Waals surface area contributed by atoms with E-state index in [2.05, 4.69) is 16.8 Å². The lowest BCUT2D eigenvalue weighted by Gasteiger charge is -2.09. The SMILES string of the molecule is C=CCn1c(S[C@@H](C)C(=O)O)nnc1-c1ccc(OC)cc1. The smallest absolute Gasteiger partial charge is 0.316 e. The Morgan fingerprint density at radius 2 is 2.14 bits per heavy atom. The fourth-order valence-electron chi connectivity index (χ4n) is 1.83. The van der Waals surface area contributed by atoms with Crippen molar-refractivity contribution in [3.63, 3.8) is 0 Å². The minimum absolute atomic E-state index is 0.503. The number of hydrogen-bond donors (Lipinski definition) is 1. The van der Waals surface area contributed by atoms with Gasteiger partial charge in [-0.05, 0) is 31.2 Å². The molecule has 0 unspecified atom stereocenters. The molecule has 0 saturated heterocycles. The lowest BCUT2D eigenvalue weighted by molar-refractivity contribution is -0.136. The van der Waals surface area contributed by atoms with E-state index in [0.29, 0.717) is 17.5 Å². The second-order valence-corrected chi connectivity index (χ2v) is 5.84. The number of carbonyl (C=O) groups is 1. The van der Waals surface area contributed by atoms with E-state index < -0.39 is 11.2 Å². The van der Waals surface area contributed by atoms with Crippen molar-refractivity contribution in [2.45, 2.75) is 23.9 Å². The molecule has 0 aliphatic rings. The van der Waals surface area contributed by atoms with Crippen molar-refractivity contribution in [1.29, 1.82) is 0 Å². The number of ether oxygens (including phenoxy) is 1. The van der Waals surface area contributed by atoms with Gasteiger partial charge in [0.25, 0.3) is 0 Å². The lowest BCUT2D eigenvalue weighted by atomic mass is 10.2. The Morgan fingerprint density at radius 1 is 1.45 bits per heavy atom. The molecule has 1 atom stereocenters. The number of benzene rings is 1. The van der Waals surface area contributed by atoms with Crippen LogP contribution in [0.25, 0.3) is 11.4 Å². The number of aromatic nitrogens is 3. The van der Waals surface area contributed by atoms with E-state index in [4.69, 9.17) is 9.84 Å². The second kappa shape index (κ2) is 7.13. The molecule has 2 rings (SSSR count). The van der Waals surface area contributed by atoms with E-state index in [-0.39, 0.29) is 0 Å². The number of allylic oxidation sites excluding steroid dienone is 1. The number of methoxy groups -OCH3 is 1. The molecule has 22 heavy (non-hydrogen) atoms. The highest BCUT2D eigenvalue weighted by Gasteiger charge is 2.19. The maximum absolute atomic E-state index is 11.0. The maximum Gasteiger partial charge on any atom is 0.316 e. The van der Waals surface area contributed by atoms with Crippen molar-refractivity contribution in [3.05, 3.63) is 36.9 Å². The number of hydrogen-bond acceptors (Lipinski definition) is 5. The standard InChI is InChI=1S/C15H17N3O3S/c1-4-9-18-13(11-5-7-12(21-3)8-6-11)16-17-15(18)22-10(2)14(19)20/h4-8,10H,1,9H2,2-3H3,(H,19,20)/t10-/m0/s1. The van der Waals surface area contributed by atoms with Crippen LogP contribution in [0.5, 0.6) is 5.75 Å². The molecule has 2 aromatic rings. The molecule has 0 aliphatic carbocycles. The van der Waals surface area contributed by atoms with Gasteiger partial charge in [-0.2, -0.15) is 0 Å². The zero-order chi connectivity index (χ0) is 16.1. The number of thioether (sulfide) groups is 1. The fourth-order valence-corrected chi connectivity index (χ4v) is 2.62. The van der Waals surface area contributed by atoms with Crippen LogP contribution in [-0.4, -0.2) is 38.2 Å². The third kappa shape index (κ3) is 3.48. The van der Waals surface area contributed by atoms with Gasteiger partial charge in [-0.1, -0.05) is 17.8 Å². The van der Waals surface area contributed by atoms with Crippen LogP contribution < -0.4 is 4.74 Å². The van der Waals surface area contributed by atoms with Crippen molar-refractivity contribution in [2.24, 2.45) is 0 Å². The predicted octanol–water partition coefficient (Wildman–Crippen LogP) is 2.70. The van der Waals surface area contributed by atoms with Gasteiger partial charge in [0, 0.05) is 12.1 Å². The van der Waals surface area contributed by atoms with Gasteiger partial charge in [0.05, 0.1) is 7.11 Å². The van der Waals surface area contributed by atoms with Crippen LogP contribution in [0, 0.1) is 0 Å². The van der Waals surface area contributed by atoms with Crippen LogP contribution in [0.2, 0.25) is 0 Å². The molecule has 1 aromatic heterocycles. The van der Waals surface area contributed by atoms with Crippen LogP contribution >= 0.6 is 11.8 Å². The van der Waals surface area contributed by atoms with E-state index in [1.165, 1.54) is 0 Å². The third-order valence-corrected chi connectivity index (χ3v) is 4.07. The van der Waals surface area contributed by atoms with Gasteiger partial charge in [-0.3, -0.25) is 9.36 Å². The molecular formula is C15H17N3O3S. The number of carboxylic acid groups (broad SMARTS) is 1. The van der Waals surface area contributed by atoms with E-state index in [1.54, 1.807) is 20.1 Å². The summed E-state index contributed by atoms with van der Waals surface area (Å²) in [5, 5.41) is 17.3. The molecule has 116 valence electrons. The van der Waals surface area contributed by atoms with Crippen LogP contribution in [0.1, 0.15) is 6.92 Å². The molecule has 0 aliphatic heterocycles. The Morgan fingerprint density at radius 3 is 2.68 bits per heavy atom. The van der Waals surface area contributed by atoms with Crippen LogP contribution in [0.3, 0.4) is 0 Å². The van der Waals surface area contributed by atoms with Gasteiger partial charge < -0.3 is 9.84 Å². The topological polar surface area (TPSA) is 77.2 Å². The minimum Gasteiger partial charge on any atom is -0.497 e. The third-order valence-electron chi connectivity index (χ3n) is 3.01. The molecule has 0 radical (unpaired) electrons. The first-order valence-electron chi connectivity index (χ1n) is 6.64. The Kier molecular flexibility index (Phi) is 5.21. The molecule has 6 nitrogen and oxygen atoms in total. The summed E-state index contributed by atoms with van der Waals surface area (Å²) in [6.45, 7) is 5.85. The second-order valence-electron chi connectivity index (χ2n) is 4.53. The van der Waals surface area contributed by atoms with E-state index in [1.807, 2.05) is 28.8 Å². The predicted molar refractivity (Wildman–Crippen MR) is 85.2 cm³/mol. The molecule has 0 spiro atoms.